The van der Waals surface area contributed by atoms with Gasteiger partial charge in [0.1, 0.15) is 4.21 Å². The molecule has 2 heterocycles. The minimum atomic E-state index is -3.85. The molecule has 0 aliphatic heterocycles. The van der Waals surface area contributed by atoms with Gasteiger partial charge in [-0.2, -0.15) is 8.42 Å². The largest absolute Gasteiger partial charge is 0.478 e. The second-order valence-electron chi connectivity index (χ2n) is 4.61. The quantitative estimate of drug-likeness (QED) is 0.727. The number of rotatable bonds is 3. The van der Waals surface area contributed by atoms with Gasteiger partial charge in [-0.05, 0) is 41.1 Å². The molecule has 5 nitrogen and oxygen atoms in total. The molecule has 1 aromatic carbocycles. The highest BCUT2D eigenvalue weighted by Gasteiger charge is 2.28. The zero-order valence-corrected chi connectivity index (χ0v) is 14.5. The van der Waals surface area contributed by atoms with Gasteiger partial charge in [0.25, 0.3) is 10.0 Å². The summed E-state index contributed by atoms with van der Waals surface area (Å²) in [5.74, 6) is -1.14. The molecule has 3 rings (SSSR count). The lowest BCUT2D eigenvalue weighted by Crippen LogP contribution is -2.14. The van der Waals surface area contributed by atoms with Crippen molar-refractivity contribution < 1.29 is 18.3 Å². The van der Waals surface area contributed by atoms with Crippen LogP contribution in [0.15, 0.2) is 44.4 Å². The van der Waals surface area contributed by atoms with Crippen molar-refractivity contribution in [1.82, 2.24) is 3.97 Å². The van der Waals surface area contributed by atoms with Crippen LogP contribution in [0.25, 0.3) is 10.9 Å². The zero-order chi connectivity index (χ0) is 16.1. The third kappa shape index (κ3) is 2.18. The van der Waals surface area contributed by atoms with Gasteiger partial charge < -0.3 is 5.11 Å². The molecule has 0 bridgehead atoms. The van der Waals surface area contributed by atoms with E-state index >= 15 is 0 Å². The summed E-state index contributed by atoms with van der Waals surface area (Å²) in [5, 5.41) is 9.81. The summed E-state index contributed by atoms with van der Waals surface area (Å²) in [6.07, 6.45) is 0. The van der Waals surface area contributed by atoms with Crippen molar-refractivity contribution in [3.05, 3.63) is 51.4 Å². The maximum absolute atomic E-state index is 12.9. The summed E-state index contributed by atoms with van der Waals surface area (Å²) in [6, 6.07) is 9.74. The maximum Gasteiger partial charge on any atom is 0.338 e. The number of carboxylic acid groups (broad SMARTS) is 1. The number of aromatic nitrogens is 1. The average molecular weight is 400 g/mol. The van der Waals surface area contributed by atoms with Gasteiger partial charge in [0.05, 0.1) is 14.9 Å². The van der Waals surface area contributed by atoms with Crippen molar-refractivity contribution in [2.24, 2.45) is 0 Å². The number of halogens is 1. The van der Waals surface area contributed by atoms with Crippen molar-refractivity contribution >= 4 is 54.2 Å². The Morgan fingerprint density at radius 2 is 1.91 bits per heavy atom. The fraction of sp³-hybridized carbons (Fsp3) is 0.0714. The van der Waals surface area contributed by atoms with Crippen LogP contribution in [0.1, 0.15) is 16.1 Å². The molecule has 0 radical (unpaired) electrons. The summed E-state index contributed by atoms with van der Waals surface area (Å²) < 4.78 is 27.7. The minimum absolute atomic E-state index is 0.00907. The first-order valence-corrected chi connectivity index (χ1v) is 9.23. The number of aromatic carboxylic acids is 1. The Morgan fingerprint density at radius 3 is 2.50 bits per heavy atom. The van der Waals surface area contributed by atoms with Gasteiger partial charge in [0, 0.05) is 11.1 Å². The van der Waals surface area contributed by atoms with Gasteiger partial charge in [-0.3, -0.25) is 0 Å². The van der Waals surface area contributed by atoms with Crippen LogP contribution < -0.4 is 0 Å². The van der Waals surface area contributed by atoms with Crippen molar-refractivity contribution in [2.75, 3.05) is 0 Å². The molecule has 0 unspecified atom stereocenters. The highest BCUT2D eigenvalue weighted by Crippen LogP contribution is 2.33. The third-order valence-corrected chi connectivity index (χ3v) is 7.21. The number of nitrogens with zero attached hydrogens (tertiary/aromatic N) is 1. The second-order valence-corrected chi connectivity index (χ2v) is 9.09. The van der Waals surface area contributed by atoms with Crippen LogP contribution in [-0.4, -0.2) is 23.5 Å². The molecule has 1 N–H and O–H groups in total. The van der Waals surface area contributed by atoms with E-state index in [1.807, 2.05) is 0 Å². The number of thiophene rings is 1. The summed E-state index contributed by atoms with van der Waals surface area (Å²) in [6.45, 7) is 1.50. The fourth-order valence-electron chi connectivity index (χ4n) is 2.45. The van der Waals surface area contributed by atoms with Crippen LogP contribution in [-0.2, 0) is 10.0 Å². The Morgan fingerprint density at radius 1 is 1.23 bits per heavy atom. The van der Waals surface area contributed by atoms with Crippen LogP contribution in [0.2, 0.25) is 0 Å². The second kappa shape index (κ2) is 5.22. The molecule has 0 saturated carbocycles. The van der Waals surface area contributed by atoms with Crippen LogP contribution in [0.5, 0.6) is 0 Å². The molecule has 0 amide bonds. The molecule has 0 aliphatic rings. The van der Waals surface area contributed by atoms with Gasteiger partial charge in [-0.1, -0.05) is 18.2 Å². The standard InChI is InChI=1S/C14H10BrNO4S2/c1-8-13(14(17)18)9-4-2-3-5-10(9)16(8)22(19,20)12-7-6-11(15)21-12/h2-7H,1H3,(H,17,18). The lowest BCUT2D eigenvalue weighted by atomic mass is 10.1. The van der Waals surface area contributed by atoms with Gasteiger partial charge in [0.2, 0.25) is 0 Å². The van der Waals surface area contributed by atoms with E-state index in [1.54, 1.807) is 30.3 Å². The molecule has 0 atom stereocenters. The molecule has 3 aromatic rings. The third-order valence-electron chi connectivity index (χ3n) is 3.32. The lowest BCUT2D eigenvalue weighted by Gasteiger charge is -2.08. The zero-order valence-electron chi connectivity index (χ0n) is 11.3. The normalized spacial score (nSPS) is 11.9. The minimum Gasteiger partial charge on any atom is -0.478 e. The first-order chi connectivity index (χ1) is 10.3. The molecular formula is C14H10BrNO4S2. The highest BCUT2D eigenvalue weighted by molar-refractivity contribution is 9.11. The monoisotopic (exact) mass is 399 g/mol. The molecule has 8 heteroatoms. The van der Waals surface area contributed by atoms with Gasteiger partial charge >= 0.3 is 5.97 Å². The summed E-state index contributed by atoms with van der Waals surface area (Å²) in [7, 11) is -3.85. The molecule has 0 spiro atoms. The first kappa shape index (κ1) is 15.3. The van der Waals surface area contributed by atoms with Crippen LogP contribution in [0, 0.1) is 6.92 Å². The molecule has 2 aromatic heterocycles. The molecule has 22 heavy (non-hydrogen) atoms. The number of hydrogen-bond donors (Lipinski definition) is 1. The molecule has 0 fully saturated rings. The van der Waals surface area contributed by atoms with Crippen molar-refractivity contribution in [3.8, 4) is 0 Å². The van der Waals surface area contributed by atoms with E-state index in [1.165, 1.54) is 13.0 Å². The van der Waals surface area contributed by atoms with E-state index in [0.29, 0.717) is 14.7 Å². The Hall–Kier alpha value is -1.64. The Labute approximate surface area is 139 Å². The van der Waals surface area contributed by atoms with E-state index in [-0.39, 0.29) is 15.5 Å². The summed E-state index contributed by atoms with van der Waals surface area (Å²) >= 11 is 4.33. The Bertz CT molecular complexity index is 1000. The van der Waals surface area contributed by atoms with Crippen molar-refractivity contribution in [1.29, 1.82) is 0 Å². The van der Waals surface area contributed by atoms with E-state index in [9.17, 15) is 18.3 Å². The Kier molecular flexibility index (Phi) is 3.62. The van der Waals surface area contributed by atoms with Crippen molar-refractivity contribution in [2.45, 2.75) is 11.1 Å². The van der Waals surface area contributed by atoms with E-state index in [0.717, 1.165) is 15.3 Å². The number of benzene rings is 1. The maximum atomic E-state index is 12.9. The number of carbonyl (C=O) groups is 1. The summed E-state index contributed by atoms with van der Waals surface area (Å²) in [4.78, 5) is 11.5. The SMILES string of the molecule is Cc1c(C(=O)O)c2ccccc2n1S(=O)(=O)c1ccc(Br)s1. The predicted octanol–water partition coefficient (Wildman–Crippen LogP) is 3.71. The number of fused-ring (bicyclic) bond motifs is 1. The molecule has 114 valence electrons. The topological polar surface area (TPSA) is 76.4 Å². The summed E-state index contributed by atoms with van der Waals surface area (Å²) in [5.41, 5.74) is 0.565. The van der Waals surface area contributed by atoms with Gasteiger partial charge in [-0.25, -0.2) is 8.77 Å². The molecule has 0 aliphatic carbocycles. The lowest BCUT2D eigenvalue weighted by molar-refractivity contribution is 0.0698. The average Bonchev–Trinajstić information content (AvgIpc) is 2.99. The van der Waals surface area contributed by atoms with Crippen LogP contribution in [0.3, 0.4) is 0 Å². The van der Waals surface area contributed by atoms with Crippen LogP contribution in [0.4, 0.5) is 0 Å². The molecule has 0 saturated heterocycles. The first-order valence-electron chi connectivity index (χ1n) is 6.18. The highest BCUT2D eigenvalue weighted by atomic mass is 79.9. The molecular weight excluding hydrogens is 390 g/mol. The van der Waals surface area contributed by atoms with E-state index in [2.05, 4.69) is 15.9 Å². The van der Waals surface area contributed by atoms with Crippen molar-refractivity contribution in [3.63, 3.8) is 0 Å². The number of para-hydroxylation sites is 1. The van der Waals surface area contributed by atoms with Gasteiger partial charge in [-0.15, -0.1) is 11.3 Å². The number of hydrogen-bond acceptors (Lipinski definition) is 4. The fourth-order valence-corrected chi connectivity index (χ4v) is 6.09. The Balaban J connectivity index is 2.41. The smallest absolute Gasteiger partial charge is 0.338 e. The van der Waals surface area contributed by atoms with E-state index in [4.69, 9.17) is 0 Å². The number of carboxylic acids is 1. The predicted molar refractivity (Wildman–Crippen MR) is 88.2 cm³/mol. The van der Waals surface area contributed by atoms with E-state index < -0.39 is 16.0 Å². The van der Waals surface area contributed by atoms with Crippen LogP contribution >= 0.6 is 27.3 Å². The van der Waals surface area contributed by atoms with Gasteiger partial charge in [0.15, 0.2) is 0 Å².